The van der Waals surface area contributed by atoms with Crippen molar-refractivity contribution in [1.29, 1.82) is 0 Å². The Morgan fingerprint density at radius 3 is 2.48 bits per heavy atom. The molecule has 3 rings (SSSR count). The van der Waals surface area contributed by atoms with E-state index in [0.717, 1.165) is 12.8 Å². The van der Waals surface area contributed by atoms with Gasteiger partial charge in [-0.05, 0) is 49.9 Å². The summed E-state index contributed by atoms with van der Waals surface area (Å²) in [6.07, 6.45) is 2.72. The van der Waals surface area contributed by atoms with Gasteiger partial charge in [-0.3, -0.25) is 9.59 Å². The Balaban J connectivity index is 1.71. The van der Waals surface area contributed by atoms with Gasteiger partial charge in [0, 0.05) is 18.5 Å². The fourth-order valence-electron chi connectivity index (χ4n) is 3.88. The third-order valence-electron chi connectivity index (χ3n) is 5.58. The summed E-state index contributed by atoms with van der Waals surface area (Å²) in [7, 11) is 1.57. The van der Waals surface area contributed by atoms with Crippen molar-refractivity contribution < 1.29 is 19.1 Å². The van der Waals surface area contributed by atoms with Crippen molar-refractivity contribution in [1.82, 2.24) is 10.2 Å². The molecule has 0 spiro atoms. The van der Waals surface area contributed by atoms with Crippen molar-refractivity contribution >= 4 is 23.5 Å². The molecule has 1 N–H and O–H groups in total. The molecule has 0 aliphatic carbocycles. The fourth-order valence-corrected chi connectivity index (χ4v) is 3.88. The number of urea groups is 1. The molecule has 2 aliphatic heterocycles. The number of nitrogens with zero attached hydrogens (tertiary/aromatic N) is 2. The van der Waals surface area contributed by atoms with Crippen LogP contribution in [0, 0.1) is 5.92 Å². The molecule has 1 aromatic carbocycles. The Morgan fingerprint density at radius 1 is 1.22 bits per heavy atom. The van der Waals surface area contributed by atoms with Gasteiger partial charge in [0.05, 0.1) is 12.8 Å². The molecule has 4 amide bonds. The zero-order valence-corrected chi connectivity index (χ0v) is 16.1. The van der Waals surface area contributed by atoms with E-state index in [1.165, 1.54) is 4.90 Å². The summed E-state index contributed by atoms with van der Waals surface area (Å²) < 4.78 is 5.13. The number of methoxy groups -OCH3 is 1. The minimum Gasteiger partial charge on any atom is -0.497 e. The largest absolute Gasteiger partial charge is 0.497 e. The van der Waals surface area contributed by atoms with E-state index in [2.05, 4.69) is 5.32 Å². The number of hydrogen-bond donors (Lipinski definition) is 1. The van der Waals surface area contributed by atoms with Crippen LogP contribution in [0.2, 0.25) is 0 Å². The highest BCUT2D eigenvalue weighted by Crippen LogP contribution is 2.31. The Labute approximate surface area is 159 Å². The highest BCUT2D eigenvalue weighted by molar-refractivity contribution is 6.21. The fraction of sp³-hybridized carbons (Fsp3) is 0.550. The van der Waals surface area contributed by atoms with E-state index in [0.29, 0.717) is 30.8 Å². The normalized spacial score (nSPS) is 22.2. The quantitative estimate of drug-likeness (QED) is 0.777. The summed E-state index contributed by atoms with van der Waals surface area (Å²) in [6.45, 7) is 4.47. The van der Waals surface area contributed by atoms with E-state index in [1.807, 2.05) is 13.8 Å². The highest BCUT2D eigenvalue weighted by Gasteiger charge is 2.48. The van der Waals surface area contributed by atoms with E-state index in [9.17, 15) is 14.4 Å². The van der Waals surface area contributed by atoms with Gasteiger partial charge in [0.1, 0.15) is 11.8 Å². The van der Waals surface area contributed by atoms with Gasteiger partial charge in [-0.25, -0.2) is 9.69 Å². The predicted molar refractivity (Wildman–Crippen MR) is 102 cm³/mol. The molecule has 2 atom stereocenters. The number of nitrogens with one attached hydrogen (secondary N) is 1. The van der Waals surface area contributed by atoms with Crippen LogP contribution in [0.5, 0.6) is 5.75 Å². The van der Waals surface area contributed by atoms with Gasteiger partial charge in [-0.2, -0.15) is 0 Å². The first-order valence-electron chi connectivity index (χ1n) is 9.59. The molecule has 7 nitrogen and oxygen atoms in total. The summed E-state index contributed by atoms with van der Waals surface area (Å²) in [5, 5.41) is 3.07. The van der Waals surface area contributed by atoms with Crippen LogP contribution in [0.1, 0.15) is 39.5 Å². The van der Waals surface area contributed by atoms with Crippen molar-refractivity contribution in [2.75, 3.05) is 18.6 Å². The maximum atomic E-state index is 12.9. The molecule has 0 bridgehead atoms. The second-order valence-corrected chi connectivity index (χ2v) is 7.11. The molecule has 0 saturated carbocycles. The summed E-state index contributed by atoms with van der Waals surface area (Å²) in [5.74, 6) is 0.480. The zero-order valence-electron chi connectivity index (χ0n) is 16.1. The first-order chi connectivity index (χ1) is 13.0. The number of imide groups is 1. The van der Waals surface area contributed by atoms with E-state index in [4.69, 9.17) is 4.74 Å². The van der Waals surface area contributed by atoms with Crippen LogP contribution in [0.4, 0.5) is 10.5 Å². The second-order valence-electron chi connectivity index (χ2n) is 7.11. The average Bonchev–Trinajstić information content (AvgIpc) is 2.93. The van der Waals surface area contributed by atoms with Crippen molar-refractivity contribution in [3.05, 3.63) is 24.3 Å². The van der Waals surface area contributed by atoms with Gasteiger partial charge in [-0.15, -0.1) is 0 Å². The monoisotopic (exact) mass is 373 g/mol. The van der Waals surface area contributed by atoms with Gasteiger partial charge in [0.25, 0.3) is 5.91 Å². The number of carbonyl (C=O) groups excluding carboxylic acids is 3. The molecule has 2 unspecified atom stereocenters. The average molecular weight is 373 g/mol. The lowest BCUT2D eigenvalue weighted by Gasteiger charge is -2.33. The van der Waals surface area contributed by atoms with Gasteiger partial charge in [0.15, 0.2) is 0 Å². The maximum Gasteiger partial charge on any atom is 0.332 e. The van der Waals surface area contributed by atoms with E-state index in [-0.39, 0.29) is 29.8 Å². The van der Waals surface area contributed by atoms with E-state index in [1.54, 1.807) is 36.3 Å². The molecule has 1 aromatic rings. The van der Waals surface area contributed by atoms with E-state index >= 15 is 0 Å². The SMILES string of the molecule is CCC(CC)C(=O)NC1CCN2C(=O)N(c3ccc(OC)cc3)C(=O)C2C1. The molecule has 0 aromatic heterocycles. The number of anilines is 1. The lowest BCUT2D eigenvalue weighted by atomic mass is 9.96. The summed E-state index contributed by atoms with van der Waals surface area (Å²) in [4.78, 5) is 40.9. The number of fused-ring (bicyclic) bond motifs is 1. The highest BCUT2D eigenvalue weighted by atomic mass is 16.5. The van der Waals surface area contributed by atoms with Crippen LogP contribution in [0.15, 0.2) is 24.3 Å². The van der Waals surface area contributed by atoms with Crippen molar-refractivity contribution in [3.8, 4) is 5.75 Å². The van der Waals surface area contributed by atoms with Crippen LogP contribution in [-0.4, -0.2) is 48.5 Å². The molecule has 2 heterocycles. The maximum absolute atomic E-state index is 12.9. The smallest absolute Gasteiger partial charge is 0.332 e. The summed E-state index contributed by atoms with van der Waals surface area (Å²) >= 11 is 0. The first kappa shape index (κ1) is 19.2. The number of ether oxygens (including phenoxy) is 1. The van der Waals surface area contributed by atoms with Crippen molar-refractivity contribution in [2.24, 2.45) is 5.92 Å². The number of benzene rings is 1. The van der Waals surface area contributed by atoms with Crippen LogP contribution in [-0.2, 0) is 9.59 Å². The third kappa shape index (κ3) is 3.63. The second kappa shape index (κ2) is 7.98. The van der Waals surface area contributed by atoms with Gasteiger partial charge in [-0.1, -0.05) is 13.8 Å². The summed E-state index contributed by atoms with van der Waals surface area (Å²) in [6, 6.07) is 5.99. The van der Waals surface area contributed by atoms with Crippen LogP contribution in [0.3, 0.4) is 0 Å². The Morgan fingerprint density at radius 2 is 1.89 bits per heavy atom. The molecule has 0 radical (unpaired) electrons. The minimum atomic E-state index is -0.514. The Hall–Kier alpha value is -2.57. The number of amides is 4. The standard InChI is InChI=1S/C20H27N3O4/c1-4-13(5-2)18(24)21-14-10-11-22-17(12-14)19(25)23(20(22)26)15-6-8-16(27-3)9-7-15/h6-9,13-14,17H,4-5,10-12H2,1-3H3,(H,21,24). The molecular weight excluding hydrogens is 346 g/mol. The lowest BCUT2D eigenvalue weighted by molar-refractivity contribution is -0.127. The number of hydrogen-bond acceptors (Lipinski definition) is 4. The van der Waals surface area contributed by atoms with E-state index < -0.39 is 6.04 Å². The Kier molecular flexibility index (Phi) is 5.68. The molecule has 2 saturated heterocycles. The third-order valence-corrected chi connectivity index (χ3v) is 5.58. The topological polar surface area (TPSA) is 79.0 Å². The van der Waals surface area contributed by atoms with Crippen LogP contribution >= 0.6 is 0 Å². The molecule has 2 fully saturated rings. The lowest BCUT2D eigenvalue weighted by Crippen LogP contribution is -2.50. The summed E-state index contributed by atoms with van der Waals surface area (Å²) in [5.41, 5.74) is 0.540. The van der Waals surface area contributed by atoms with Gasteiger partial charge < -0.3 is 15.0 Å². The Bertz CT molecular complexity index is 714. The van der Waals surface area contributed by atoms with Gasteiger partial charge in [0.2, 0.25) is 5.91 Å². The number of piperidine rings is 1. The molecule has 27 heavy (non-hydrogen) atoms. The molecule has 2 aliphatic rings. The zero-order chi connectivity index (χ0) is 19.6. The van der Waals surface area contributed by atoms with Crippen LogP contribution < -0.4 is 15.0 Å². The minimum absolute atomic E-state index is 0.000242. The van der Waals surface area contributed by atoms with Crippen molar-refractivity contribution in [2.45, 2.75) is 51.6 Å². The predicted octanol–water partition coefficient (Wildman–Crippen LogP) is 2.55. The molecule has 7 heteroatoms. The first-order valence-corrected chi connectivity index (χ1v) is 9.59. The van der Waals surface area contributed by atoms with Crippen LogP contribution in [0.25, 0.3) is 0 Å². The molecular formula is C20H27N3O4. The van der Waals surface area contributed by atoms with Gasteiger partial charge >= 0.3 is 6.03 Å². The number of carbonyl (C=O) groups is 3. The number of rotatable bonds is 6. The molecule has 146 valence electrons. The van der Waals surface area contributed by atoms with Crippen molar-refractivity contribution in [3.63, 3.8) is 0 Å².